The van der Waals surface area contributed by atoms with Gasteiger partial charge in [-0.1, -0.05) is 23.2 Å². The molecule has 0 aromatic heterocycles. The first-order chi connectivity index (χ1) is 10.3. The third-order valence-electron chi connectivity index (χ3n) is 2.29. The summed E-state index contributed by atoms with van der Waals surface area (Å²) in [5.74, 6) is -0.150. The lowest BCUT2D eigenvalue weighted by atomic mass is 10.2. The van der Waals surface area contributed by atoms with Gasteiger partial charge in [0.2, 0.25) is 0 Å². The highest BCUT2D eigenvalue weighted by Gasteiger charge is 2.30. The molecule has 22 heavy (non-hydrogen) atoms. The maximum absolute atomic E-state index is 12.4. The molecule has 122 valence electrons. The van der Waals surface area contributed by atoms with Crippen molar-refractivity contribution in [3.63, 3.8) is 0 Å². The molecule has 0 amide bonds. The number of non-ortho nitro benzene ring substituents is 1. The van der Waals surface area contributed by atoms with E-state index in [1.807, 2.05) is 0 Å². The number of hydrogen-bond acceptors (Lipinski definition) is 6. The highest BCUT2D eigenvalue weighted by atomic mass is 35.5. The largest absolute Gasteiger partial charge is 0.530 e. The number of nitro benzene ring substituents is 1. The summed E-state index contributed by atoms with van der Waals surface area (Å²) in [5, 5.41) is 10.6. The number of nitro groups is 1. The molecule has 0 heterocycles. The average molecular weight is 370 g/mol. The number of phosphoric ester groups is 1. The van der Waals surface area contributed by atoms with Gasteiger partial charge in [-0.2, -0.15) is 0 Å². The summed E-state index contributed by atoms with van der Waals surface area (Å²) in [7, 11) is -3.89. The number of halogens is 2. The van der Waals surface area contributed by atoms with Gasteiger partial charge in [0.05, 0.1) is 18.1 Å². The molecule has 1 aromatic rings. The zero-order valence-corrected chi connectivity index (χ0v) is 14.2. The van der Waals surface area contributed by atoms with Crippen LogP contribution in [-0.4, -0.2) is 18.1 Å². The fourth-order valence-electron chi connectivity index (χ4n) is 1.45. The monoisotopic (exact) mass is 369 g/mol. The standard InChI is InChI=1S/C12H14Cl2NO6P/c1-3-19-22(18,20-4-2)21-11(12(13)14)9-5-7-10(8-6-9)15(16)17/h5-8H,3-4H2,1-2H3. The van der Waals surface area contributed by atoms with Crippen molar-refractivity contribution < 1.29 is 23.1 Å². The van der Waals surface area contributed by atoms with E-state index in [0.717, 1.165) is 0 Å². The normalized spacial score (nSPS) is 11.1. The first-order valence-corrected chi connectivity index (χ1v) is 8.43. The van der Waals surface area contributed by atoms with Gasteiger partial charge >= 0.3 is 7.82 Å². The molecule has 0 spiro atoms. The summed E-state index contributed by atoms with van der Waals surface area (Å²) in [6.07, 6.45) is 0. The van der Waals surface area contributed by atoms with Gasteiger partial charge in [0.25, 0.3) is 5.69 Å². The number of nitrogens with zero attached hydrogens (tertiary/aromatic N) is 1. The zero-order chi connectivity index (χ0) is 16.8. The molecule has 0 aliphatic carbocycles. The fourth-order valence-corrected chi connectivity index (χ4v) is 3.08. The van der Waals surface area contributed by atoms with E-state index >= 15 is 0 Å². The Balaban J connectivity index is 3.12. The van der Waals surface area contributed by atoms with Crippen LogP contribution in [0.1, 0.15) is 19.4 Å². The molecule has 0 aliphatic rings. The van der Waals surface area contributed by atoms with Crippen LogP contribution in [0.25, 0.3) is 5.76 Å². The first kappa shape index (κ1) is 18.9. The summed E-state index contributed by atoms with van der Waals surface area (Å²) in [6.45, 7) is 3.41. The Kier molecular flexibility index (Phi) is 7.32. The third-order valence-corrected chi connectivity index (χ3v) is 4.19. The van der Waals surface area contributed by atoms with Crippen molar-refractivity contribution in [2.45, 2.75) is 13.8 Å². The SMILES string of the molecule is CCOP(=O)(OCC)OC(=C(Cl)Cl)c1ccc([N+](=O)[O-])cc1. The number of hydrogen-bond donors (Lipinski definition) is 0. The molecule has 1 aromatic carbocycles. The van der Waals surface area contributed by atoms with Crippen LogP contribution in [0.3, 0.4) is 0 Å². The van der Waals surface area contributed by atoms with Crippen molar-refractivity contribution in [3.8, 4) is 0 Å². The molecule has 0 radical (unpaired) electrons. The first-order valence-electron chi connectivity index (χ1n) is 6.21. The van der Waals surface area contributed by atoms with Crippen LogP contribution in [0.15, 0.2) is 28.8 Å². The minimum Gasteiger partial charge on any atom is -0.401 e. The molecular weight excluding hydrogens is 356 g/mol. The van der Waals surface area contributed by atoms with E-state index in [-0.39, 0.29) is 29.2 Å². The smallest absolute Gasteiger partial charge is 0.401 e. The molecule has 0 saturated carbocycles. The lowest BCUT2D eigenvalue weighted by Crippen LogP contribution is -2.01. The van der Waals surface area contributed by atoms with E-state index in [4.69, 9.17) is 36.8 Å². The number of benzene rings is 1. The Hall–Kier alpha value is -1.11. The zero-order valence-electron chi connectivity index (χ0n) is 11.8. The van der Waals surface area contributed by atoms with Crippen LogP contribution in [-0.2, 0) is 18.1 Å². The molecule has 0 unspecified atom stereocenters. The van der Waals surface area contributed by atoms with Crippen molar-refractivity contribution in [2.24, 2.45) is 0 Å². The second-order valence-corrected chi connectivity index (χ2v) is 6.31. The van der Waals surface area contributed by atoms with Gasteiger partial charge in [0.15, 0.2) is 5.76 Å². The highest BCUT2D eigenvalue weighted by molar-refractivity contribution is 7.48. The molecule has 1 rings (SSSR count). The van der Waals surface area contributed by atoms with Crippen molar-refractivity contribution in [1.82, 2.24) is 0 Å². The minimum absolute atomic E-state index is 0.0880. The lowest BCUT2D eigenvalue weighted by molar-refractivity contribution is -0.384. The van der Waals surface area contributed by atoms with Gasteiger partial charge in [-0.15, -0.1) is 0 Å². The van der Waals surface area contributed by atoms with Crippen molar-refractivity contribution in [3.05, 3.63) is 44.4 Å². The Morgan fingerprint density at radius 3 is 2.05 bits per heavy atom. The van der Waals surface area contributed by atoms with Gasteiger partial charge in [0, 0.05) is 17.7 Å². The van der Waals surface area contributed by atoms with Crippen LogP contribution < -0.4 is 0 Å². The lowest BCUT2D eigenvalue weighted by Gasteiger charge is -2.19. The second kappa shape index (κ2) is 8.50. The van der Waals surface area contributed by atoms with E-state index in [1.54, 1.807) is 13.8 Å². The van der Waals surface area contributed by atoms with Gasteiger partial charge in [-0.05, 0) is 26.0 Å². The second-order valence-electron chi connectivity index (χ2n) is 3.77. The third kappa shape index (κ3) is 5.26. The van der Waals surface area contributed by atoms with Crippen molar-refractivity contribution >= 4 is 42.5 Å². The van der Waals surface area contributed by atoms with Gasteiger partial charge < -0.3 is 4.52 Å². The molecule has 0 N–H and O–H groups in total. The topological polar surface area (TPSA) is 87.9 Å². The van der Waals surface area contributed by atoms with Crippen LogP contribution in [0.4, 0.5) is 5.69 Å². The highest BCUT2D eigenvalue weighted by Crippen LogP contribution is 2.53. The number of rotatable bonds is 8. The summed E-state index contributed by atoms with van der Waals surface area (Å²) in [4.78, 5) is 10.1. The van der Waals surface area contributed by atoms with Crippen LogP contribution in [0, 0.1) is 10.1 Å². The quantitative estimate of drug-likeness (QED) is 0.280. The van der Waals surface area contributed by atoms with Crippen molar-refractivity contribution in [2.75, 3.05) is 13.2 Å². The predicted molar refractivity (Wildman–Crippen MR) is 83.7 cm³/mol. The summed E-state index contributed by atoms with van der Waals surface area (Å²) in [6, 6.07) is 5.20. The van der Waals surface area contributed by atoms with Crippen LogP contribution in [0.5, 0.6) is 0 Å². The van der Waals surface area contributed by atoms with Gasteiger partial charge in [-0.25, -0.2) is 4.57 Å². The van der Waals surface area contributed by atoms with E-state index in [1.165, 1.54) is 24.3 Å². The van der Waals surface area contributed by atoms with Gasteiger partial charge in [-0.3, -0.25) is 19.2 Å². The molecule has 7 nitrogen and oxygen atoms in total. The van der Waals surface area contributed by atoms with E-state index in [2.05, 4.69) is 0 Å². The molecule has 0 aliphatic heterocycles. The Morgan fingerprint density at radius 2 is 1.68 bits per heavy atom. The van der Waals surface area contributed by atoms with Crippen LogP contribution >= 0.6 is 31.0 Å². The molecular formula is C12H14Cl2NO6P. The Bertz CT molecular complexity index is 590. The summed E-state index contributed by atoms with van der Waals surface area (Å²) < 4.78 is 27.2. The van der Waals surface area contributed by atoms with Crippen LogP contribution in [0.2, 0.25) is 0 Å². The Morgan fingerprint density at radius 1 is 1.18 bits per heavy atom. The molecule has 10 heteroatoms. The Labute approximate surface area is 137 Å². The summed E-state index contributed by atoms with van der Waals surface area (Å²) >= 11 is 11.5. The predicted octanol–water partition coefficient (Wildman–Crippen LogP) is 4.90. The molecule has 0 saturated heterocycles. The van der Waals surface area contributed by atoms with Crippen molar-refractivity contribution in [1.29, 1.82) is 0 Å². The average Bonchev–Trinajstić information content (AvgIpc) is 2.45. The van der Waals surface area contributed by atoms with E-state index in [0.29, 0.717) is 5.56 Å². The van der Waals surface area contributed by atoms with E-state index < -0.39 is 12.7 Å². The number of phosphoric acid groups is 1. The molecule has 0 atom stereocenters. The fraction of sp³-hybridized carbons (Fsp3) is 0.333. The maximum Gasteiger partial charge on any atom is 0.530 e. The molecule has 0 fully saturated rings. The minimum atomic E-state index is -3.89. The van der Waals surface area contributed by atoms with Gasteiger partial charge in [0.1, 0.15) is 4.49 Å². The summed E-state index contributed by atoms with van der Waals surface area (Å²) in [5.41, 5.74) is 0.178. The molecule has 0 bridgehead atoms. The maximum atomic E-state index is 12.4. The van der Waals surface area contributed by atoms with E-state index in [9.17, 15) is 14.7 Å².